The molecule has 0 radical (unpaired) electrons. The SMILES string of the molecule is C=CN=C/C=C/CNc1cnccc1C(C)C(=C)/C=C\C(=C/C)OC. The van der Waals surface area contributed by atoms with E-state index in [-0.39, 0.29) is 5.92 Å². The number of aromatic nitrogens is 1. The van der Waals surface area contributed by atoms with E-state index >= 15 is 0 Å². The maximum atomic E-state index is 5.24. The van der Waals surface area contributed by atoms with Crippen molar-refractivity contribution in [1.82, 2.24) is 4.98 Å². The summed E-state index contributed by atoms with van der Waals surface area (Å²) in [6.07, 6.45) is 16.5. The van der Waals surface area contributed by atoms with Crippen LogP contribution in [-0.2, 0) is 4.74 Å². The standard InChI is InChI=1S/C21H27N3O/c1-6-19(25-5)11-10-17(3)18(4)20-12-15-23-16-21(20)24-14-9-8-13-22-7-2/h6-13,15-16,18,24H,2-3,14H2,1,4-5H3/b9-8+,11-10-,19-6+,22-13?. The minimum atomic E-state index is 0.156. The van der Waals surface area contributed by atoms with E-state index in [1.54, 1.807) is 19.5 Å². The van der Waals surface area contributed by atoms with Gasteiger partial charge in [0.05, 0.1) is 19.0 Å². The van der Waals surface area contributed by atoms with E-state index in [9.17, 15) is 0 Å². The van der Waals surface area contributed by atoms with Gasteiger partial charge in [-0.05, 0) is 42.4 Å². The zero-order chi connectivity index (χ0) is 18.5. The highest BCUT2D eigenvalue weighted by Gasteiger charge is 2.12. The predicted octanol–water partition coefficient (Wildman–Crippen LogP) is 5.03. The number of aliphatic imine (C=N–C) groups is 1. The first-order chi connectivity index (χ1) is 12.1. The summed E-state index contributed by atoms with van der Waals surface area (Å²) >= 11 is 0. The molecule has 132 valence electrons. The van der Waals surface area contributed by atoms with Gasteiger partial charge in [0, 0.05) is 31.1 Å². The lowest BCUT2D eigenvalue weighted by Crippen LogP contribution is -2.05. The highest BCUT2D eigenvalue weighted by atomic mass is 16.5. The maximum Gasteiger partial charge on any atom is 0.114 e. The molecule has 1 atom stereocenters. The summed E-state index contributed by atoms with van der Waals surface area (Å²) in [4.78, 5) is 8.13. The fraction of sp³-hybridized carbons (Fsp3) is 0.238. The summed E-state index contributed by atoms with van der Waals surface area (Å²) in [7, 11) is 1.66. The normalized spacial score (nSPS) is 13.5. The summed E-state index contributed by atoms with van der Waals surface area (Å²) in [5.41, 5.74) is 3.14. The van der Waals surface area contributed by atoms with Crippen LogP contribution in [0, 0.1) is 0 Å². The Balaban J connectivity index is 2.80. The van der Waals surface area contributed by atoms with Crippen LogP contribution in [0.1, 0.15) is 25.3 Å². The quantitative estimate of drug-likeness (QED) is 0.370. The van der Waals surface area contributed by atoms with Crippen molar-refractivity contribution in [3.63, 3.8) is 0 Å². The minimum Gasteiger partial charge on any atom is -0.497 e. The largest absolute Gasteiger partial charge is 0.497 e. The molecule has 0 spiro atoms. The molecule has 0 aliphatic carbocycles. The molecule has 0 aliphatic rings. The maximum absolute atomic E-state index is 5.24. The topological polar surface area (TPSA) is 46.5 Å². The Hall–Kier alpha value is -2.88. The summed E-state index contributed by atoms with van der Waals surface area (Å²) in [5, 5.41) is 3.38. The highest BCUT2D eigenvalue weighted by molar-refractivity contribution is 5.71. The Labute approximate surface area is 151 Å². The monoisotopic (exact) mass is 337 g/mol. The molecule has 25 heavy (non-hydrogen) atoms. The van der Waals surface area contributed by atoms with E-state index in [1.807, 2.05) is 49.6 Å². The lowest BCUT2D eigenvalue weighted by atomic mass is 9.93. The molecule has 0 amide bonds. The Bertz CT molecular complexity index is 684. The fourth-order valence-corrected chi connectivity index (χ4v) is 2.15. The van der Waals surface area contributed by atoms with Gasteiger partial charge in [0.2, 0.25) is 0 Å². The lowest BCUT2D eigenvalue weighted by molar-refractivity contribution is 0.306. The average Bonchev–Trinajstić information content (AvgIpc) is 2.65. The van der Waals surface area contributed by atoms with Gasteiger partial charge < -0.3 is 10.1 Å². The van der Waals surface area contributed by atoms with Crippen molar-refractivity contribution in [2.45, 2.75) is 19.8 Å². The first-order valence-electron chi connectivity index (χ1n) is 8.18. The number of hydrogen-bond acceptors (Lipinski definition) is 4. The molecule has 0 saturated heterocycles. The summed E-state index contributed by atoms with van der Waals surface area (Å²) in [5.74, 6) is 0.968. The molecule has 1 heterocycles. The number of nitrogens with one attached hydrogen (secondary N) is 1. The van der Waals surface area contributed by atoms with Crippen molar-refractivity contribution >= 4 is 11.9 Å². The van der Waals surface area contributed by atoms with Crippen molar-refractivity contribution in [2.24, 2.45) is 4.99 Å². The molecule has 1 aromatic rings. The summed E-state index contributed by atoms with van der Waals surface area (Å²) in [6, 6.07) is 2.02. The van der Waals surface area contributed by atoms with Gasteiger partial charge in [-0.3, -0.25) is 9.98 Å². The molecular formula is C21H27N3O. The first-order valence-corrected chi connectivity index (χ1v) is 8.18. The smallest absolute Gasteiger partial charge is 0.114 e. The molecule has 0 bridgehead atoms. The van der Waals surface area contributed by atoms with Crippen molar-refractivity contribution in [2.75, 3.05) is 19.0 Å². The van der Waals surface area contributed by atoms with E-state index in [4.69, 9.17) is 4.74 Å². The number of pyridine rings is 1. The summed E-state index contributed by atoms with van der Waals surface area (Å²) in [6.45, 7) is 12.5. The molecule has 1 aromatic heterocycles. The molecule has 1 rings (SSSR count). The van der Waals surface area contributed by atoms with Crippen molar-refractivity contribution in [1.29, 1.82) is 0 Å². The fourth-order valence-electron chi connectivity index (χ4n) is 2.15. The highest BCUT2D eigenvalue weighted by Crippen LogP contribution is 2.29. The first kappa shape index (κ1) is 20.2. The van der Waals surface area contributed by atoms with E-state index in [0.717, 1.165) is 22.6 Å². The third-order valence-corrected chi connectivity index (χ3v) is 3.68. The van der Waals surface area contributed by atoms with Crippen LogP contribution in [0.25, 0.3) is 0 Å². The number of rotatable bonds is 10. The van der Waals surface area contributed by atoms with Crippen molar-refractivity contribution in [3.8, 4) is 0 Å². The van der Waals surface area contributed by atoms with Crippen molar-refractivity contribution in [3.05, 3.63) is 85.1 Å². The molecule has 1 unspecified atom stereocenters. The molecule has 1 N–H and O–H groups in total. The van der Waals surface area contributed by atoms with E-state index in [2.05, 4.69) is 35.4 Å². The minimum absolute atomic E-state index is 0.156. The molecule has 0 aromatic carbocycles. The van der Waals surface area contributed by atoms with E-state index in [0.29, 0.717) is 6.54 Å². The van der Waals surface area contributed by atoms with Crippen LogP contribution in [0.2, 0.25) is 0 Å². The Kier molecular flexibility index (Phi) is 9.38. The second-order valence-corrected chi connectivity index (χ2v) is 5.28. The summed E-state index contributed by atoms with van der Waals surface area (Å²) < 4.78 is 5.24. The second-order valence-electron chi connectivity index (χ2n) is 5.28. The number of ether oxygens (including phenoxy) is 1. The van der Waals surface area contributed by atoms with Crippen LogP contribution >= 0.6 is 0 Å². The molecule has 4 nitrogen and oxygen atoms in total. The van der Waals surface area contributed by atoms with Crippen molar-refractivity contribution < 1.29 is 4.74 Å². The number of allylic oxidation sites excluding steroid dienone is 5. The van der Waals surface area contributed by atoms with Gasteiger partial charge in [0.15, 0.2) is 0 Å². The lowest BCUT2D eigenvalue weighted by Gasteiger charge is -2.17. The number of nitrogens with zero attached hydrogens (tertiary/aromatic N) is 2. The molecule has 0 fully saturated rings. The zero-order valence-electron chi connectivity index (χ0n) is 15.3. The third kappa shape index (κ3) is 7.04. The predicted molar refractivity (Wildman–Crippen MR) is 108 cm³/mol. The average molecular weight is 337 g/mol. The van der Waals surface area contributed by atoms with Crippen LogP contribution < -0.4 is 5.32 Å². The Morgan fingerprint density at radius 3 is 2.92 bits per heavy atom. The third-order valence-electron chi connectivity index (χ3n) is 3.68. The molecule has 0 saturated carbocycles. The number of methoxy groups -OCH3 is 1. The van der Waals surface area contributed by atoms with E-state index < -0.39 is 0 Å². The second kappa shape index (κ2) is 11.6. The zero-order valence-corrected chi connectivity index (χ0v) is 15.3. The Morgan fingerprint density at radius 2 is 2.24 bits per heavy atom. The van der Waals surface area contributed by atoms with Crippen LogP contribution in [0.4, 0.5) is 5.69 Å². The van der Waals surface area contributed by atoms with Crippen LogP contribution in [0.5, 0.6) is 0 Å². The molecule has 0 aliphatic heterocycles. The Morgan fingerprint density at radius 1 is 1.44 bits per heavy atom. The van der Waals surface area contributed by atoms with Gasteiger partial charge >= 0.3 is 0 Å². The molecular weight excluding hydrogens is 310 g/mol. The molecule has 4 heteroatoms. The van der Waals surface area contributed by atoms with Crippen LogP contribution in [-0.4, -0.2) is 24.9 Å². The van der Waals surface area contributed by atoms with Gasteiger partial charge in [0.25, 0.3) is 0 Å². The van der Waals surface area contributed by atoms with Crippen LogP contribution in [0.3, 0.4) is 0 Å². The van der Waals surface area contributed by atoms with Gasteiger partial charge in [0.1, 0.15) is 5.76 Å². The number of hydrogen-bond donors (Lipinski definition) is 1. The van der Waals surface area contributed by atoms with Crippen LogP contribution in [0.15, 0.2) is 84.5 Å². The van der Waals surface area contributed by atoms with Gasteiger partial charge in [-0.25, -0.2) is 0 Å². The van der Waals surface area contributed by atoms with Gasteiger partial charge in [-0.2, -0.15) is 0 Å². The van der Waals surface area contributed by atoms with Gasteiger partial charge in [-0.1, -0.05) is 32.2 Å². The number of anilines is 1. The van der Waals surface area contributed by atoms with E-state index in [1.165, 1.54) is 6.20 Å². The van der Waals surface area contributed by atoms with Gasteiger partial charge in [-0.15, -0.1) is 0 Å².